The molecule has 0 saturated carbocycles. The van der Waals surface area contributed by atoms with E-state index in [1.807, 2.05) is 54.6 Å². The van der Waals surface area contributed by atoms with Crippen LogP contribution in [0.25, 0.3) is 0 Å². The van der Waals surface area contributed by atoms with Gasteiger partial charge in [0.15, 0.2) is 0 Å². The summed E-state index contributed by atoms with van der Waals surface area (Å²) in [5.74, 6) is -0.554. The molecule has 0 aliphatic heterocycles. The van der Waals surface area contributed by atoms with E-state index in [0.29, 0.717) is 12.2 Å². The molecular formula is C25H25IN2O3. The van der Waals surface area contributed by atoms with Crippen molar-refractivity contribution in [1.82, 2.24) is 5.32 Å². The van der Waals surface area contributed by atoms with E-state index >= 15 is 0 Å². The maximum atomic E-state index is 12.9. The average Bonchev–Trinajstić information content (AvgIpc) is 2.79. The molecule has 3 aromatic rings. The Morgan fingerprint density at radius 1 is 0.935 bits per heavy atom. The van der Waals surface area contributed by atoms with E-state index in [1.54, 1.807) is 6.92 Å². The van der Waals surface area contributed by atoms with Crippen molar-refractivity contribution in [1.29, 1.82) is 0 Å². The highest BCUT2D eigenvalue weighted by atomic mass is 127. The Hall–Kier alpha value is -2.87. The highest BCUT2D eigenvalue weighted by molar-refractivity contribution is 14.1. The Bertz CT molecular complexity index is 970. The van der Waals surface area contributed by atoms with Crippen molar-refractivity contribution in [2.75, 3.05) is 18.5 Å². The molecule has 160 valence electrons. The monoisotopic (exact) mass is 528 g/mol. The Labute approximate surface area is 196 Å². The number of ether oxygens (including phenoxy) is 1. The van der Waals surface area contributed by atoms with Crippen molar-refractivity contribution in [2.45, 2.75) is 19.4 Å². The van der Waals surface area contributed by atoms with Gasteiger partial charge >= 0.3 is 5.97 Å². The summed E-state index contributed by atoms with van der Waals surface area (Å²) in [4.78, 5) is 24.5. The summed E-state index contributed by atoms with van der Waals surface area (Å²) in [6.07, 6.45) is 0.142. The molecule has 31 heavy (non-hydrogen) atoms. The number of halogens is 1. The molecule has 2 N–H and O–H groups in total. The van der Waals surface area contributed by atoms with Crippen molar-refractivity contribution in [3.63, 3.8) is 0 Å². The first kappa shape index (κ1) is 22.8. The van der Waals surface area contributed by atoms with Crippen LogP contribution >= 0.6 is 22.6 Å². The molecule has 6 heteroatoms. The number of anilines is 1. The summed E-state index contributed by atoms with van der Waals surface area (Å²) in [5.41, 5.74) is 3.46. The Morgan fingerprint density at radius 3 is 2.13 bits per heavy atom. The first-order valence-corrected chi connectivity index (χ1v) is 11.3. The van der Waals surface area contributed by atoms with Crippen LogP contribution in [0.4, 0.5) is 5.69 Å². The van der Waals surface area contributed by atoms with Crippen molar-refractivity contribution in [2.24, 2.45) is 0 Å². The summed E-state index contributed by atoms with van der Waals surface area (Å²) < 4.78 is 5.87. The van der Waals surface area contributed by atoms with Crippen LogP contribution in [0, 0.1) is 3.57 Å². The second-order valence-electron chi connectivity index (χ2n) is 6.90. The molecule has 1 amide bonds. The molecule has 0 unspecified atom stereocenters. The predicted molar refractivity (Wildman–Crippen MR) is 131 cm³/mol. The van der Waals surface area contributed by atoms with Crippen LogP contribution in [0.2, 0.25) is 0 Å². The standard InChI is InChI=1S/C25H25IN2O3/c1-2-31-23(29)15-16-27-25(30)21-17-20(26)13-14-22(21)28-24(18-9-5-3-6-10-18)19-11-7-4-8-12-19/h3-14,17,24,28H,2,15-16H2,1H3,(H,27,30). The van der Waals surface area contributed by atoms with E-state index < -0.39 is 0 Å². The van der Waals surface area contributed by atoms with E-state index in [1.165, 1.54) is 0 Å². The normalized spacial score (nSPS) is 10.5. The van der Waals surface area contributed by atoms with E-state index in [4.69, 9.17) is 4.74 Å². The van der Waals surface area contributed by atoms with E-state index in [0.717, 1.165) is 20.4 Å². The molecule has 3 rings (SSSR count). The minimum absolute atomic E-state index is 0.117. The zero-order chi connectivity index (χ0) is 22.1. The van der Waals surface area contributed by atoms with Crippen LogP contribution in [-0.4, -0.2) is 25.0 Å². The zero-order valence-electron chi connectivity index (χ0n) is 17.3. The van der Waals surface area contributed by atoms with Gasteiger partial charge in [-0.1, -0.05) is 60.7 Å². The van der Waals surface area contributed by atoms with Crippen LogP contribution in [-0.2, 0) is 9.53 Å². The molecular weight excluding hydrogens is 503 g/mol. The van der Waals surface area contributed by atoms with Gasteiger partial charge in [0.05, 0.1) is 24.6 Å². The zero-order valence-corrected chi connectivity index (χ0v) is 19.5. The lowest BCUT2D eigenvalue weighted by Crippen LogP contribution is -2.28. The van der Waals surface area contributed by atoms with Crippen LogP contribution in [0.5, 0.6) is 0 Å². The van der Waals surface area contributed by atoms with Crippen molar-refractivity contribution < 1.29 is 14.3 Å². The van der Waals surface area contributed by atoms with Gasteiger partial charge in [-0.2, -0.15) is 0 Å². The Morgan fingerprint density at radius 2 is 1.55 bits per heavy atom. The van der Waals surface area contributed by atoms with Gasteiger partial charge in [-0.15, -0.1) is 0 Å². The van der Waals surface area contributed by atoms with Gasteiger partial charge in [-0.25, -0.2) is 0 Å². The third-order valence-corrected chi connectivity index (χ3v) is 5.38. The number of nitrogens with one attached hydrogen (secondary N) is 2. The number of carbonyl (C=O) groups is 2. The summed E-state index contributed by atoms with van der Waals surface area (Å²) >= 11 is 2.19. The SMILES string of the molecule is CCOC(=O)CCNC(=O)c1cc(I)ccc1NC(c1ccccc1)c1ccccc1. The van der Waals surface area contributed by atoms with Crippen molar-refractivity contribution in [3.05, 3.63) is 99.1 Å². The van der Waals surface area contributed by atoms with Gasteiger partial charge < -0.3 is 15.4 Å². The highest BCUT2D eigenvalue weighted by Gasteiger charge is 2.18. The lowest BCUT2D eigenvalue weighted by Gasteiger charge is -2.23. The second kappa shape index (κ2) is 11.5. The lowest BCUT2D eigenvalue weighted by molar-refractivity contribution is -0.142. The van der Waals surface area contributed by atoms with Gasteiger partial charge in [-0.05, 0) is 58.8 Å². The van der Waals surface area contributed by atoms with Crippen LogP contribution in [0.15, 0.2) is 78.9 Å². The molecule has 0 radical (unpaired) electrons. The Balaban J connectivity index is 1.84. The molecule has 0 aromatic heterocycles. The minimum atomic E-state index is -0.322. The van der Waals surface area contributed by atoms with Gasteiger partial charge in [0, 0.05) is 15.8 Å². The average molecular weight is 528 g/mol. The minimum Gasteiger partial charge on any atom is -0.466 e. The fraction of sp³-hybridized carbons (Fsp3) is 0.200. The van der Waals surface area contributed by atoms with Gasteiger partial charge in [-0.3, -0.25) is 9.59 Å². The van der Waals surface area contributed by atoms with E-state index in [-0.39, 0.29) is 30.9 Å². The molecule has 0 fully saturated rings. The second-order valence-corrected chi connectivity index (χ2v) is 8.15. The third kappa shape index (κ3) is 6.55. The maximum absolute atomic E-state index is 12.9. The largest absolute Gasteiger partial charge is 0.466 e. The van der Waals surface area contributed by atoms with Crippen molar-refractivity contribution >= 4 is 40.2 Å². The number of carbonyl (C=O) groups excluding carboxylic acids is 2. The highest BCUT2D eigenvalue weighted by Crippen LogP contribution is 2.29. The molecule has 0 aliphatic carbocycles. The molecule has 0 atom stereocenters. The predicted octanol–water partition coefficient (Wildman–Crippen LogP) is 5.18. The van der Waals surface area contributed by atoms with Gasteiger partial charge in [0.2, 0.25) is 0 Å². The number of rotatable bonds is 9. The molecule has 0 bridgehead atoms. The number of hydrogen-bond donors (Lipinski definition) is 2. The van der Waals surface area contributed by atoms with Gasteiger partial charge in [0.25, 0.3) is 5.91 Å². The molecule has 0 heterocycles. The number of benzene rings is 3. The molecule has 0 aliphatic rings. The summed E-state index contributed by atoms with van der Waals surface area (Å²) in [6.45, 7) is 2.32. The van der Waals surface area contributed by atoms with Gasteiger partial charge in [0.1, 0.15) is 0 Å². The van der Waals surface area contributed by atoms with Crippen LogP contribution in [0.1, 0.15) is 40.9 Å². The summed E-state index contributed by atoms with van der Waals surface area (Å²) in [5, 5.41) is 6.38. The molecule has 5 nitrogen and oxygen atoms in total. The number of hydrogen-bond acceptors (Lipinski definition) is 4. The van der Waals surface area contributed by atoms with Crippen LogP contribution in [0.3, 0.4) is 0 Å². The first-order valence-electron chi connectivity index (χ1n) is 10.2. The fourth-order valence-corrected chi connectivity index (χ4v) is 3.73. The smallest absolute Gasteiger partial charge is 0.307 e. The molecule has 3 aromatic carbocycles. The van der Waals surface area contributed by atoms with Crippen molar-refractivity contribution in [3.8, 4) is 0 Å². The maximum Gasteiger partial charge on any atom is 0.307 e. The Kier molecular flexibility index (Phi) is 8.46. The van der Waals surface area contributed by atoms with Crippen LogP contribution < -0.4 is 10.6 Å². The number of amides is 1. The quantitative estimate of drug-likeness (QED) is 0.297. The molecule has 0 spiro atoms. The number of esters is 1. The van der Waals surface area contributed by atoms with E-state index in [2.05, 4.69) is 57.5 Å². The summed E-state index contributed by atoms with van der Waals surface area (Å²) in [6, 6.07) is 25.9. The molecule has 0 saturated heterocycles. The lowest BCUT2D eigenvalue weighted by atomic mass is 9.98. The first-order chi connectivity index (χ1) is 15.1. The third-order valence-electron chi connectivity index (χ3n) is 4.71. The summed E-state index contributed by atoms with van der Waals surface area (Å²) in [7, 11) is 0. The fourth-order valence-electron chi connectivity index (χ4n) is 3.24. The van der Waals surface area contributed by atoms with E-state index in [9.17, 15) is 9.59 Å². The topological polar surface area (TPSA) is 67.4 Å².